The highest BCUT2D eigenvalue weighted by Crippen LogP contribution is 2.54. The van der Waals surface area contributed by atoms with Crippen molar-refractivity contribution in [3.8, 4) is 0 Å². The van der Waals surface area contributed by atoms with Crippen molar-refractivity contribution in [3.05, 3.63) is 29.3 Å². The minimum Gasteiger partial charge on any atom is -0.385 e. The Hall–Kier alpha value is -3.63. The van der Waals surface area contributed by atoms with Crippen molar-refractivity contribution in [1.82, 2.24) is 39.0 Å². The van der Waals surface area contributed by atoms with Gasteiger partial charge in [0.15, 0.2) is 48.2 Å². The van der Waals surface area contributed by atoms with E-state index in [0.717, 1.165) is 0 Å². The number of fused-ring (bicyclic) bond motifs is 4. The second kappa shape index (κ2) is 9.43. The number of H-pyrrole nitrogens is 1. The summed E-state index contributed by atoms with van der Waals surface area (Å²) in [5.74, 6) is -0.0371. The van der Waals surface area contributed by atoms with Gasteiger partial charge in [-0.3, -0.25) is 28.0 Å². The number of aliphatic hydroxyl groups is 1. The lowest BCUT2D eigenvalue weighted by atomic mass is 10.0. The van der Waals surface area contributed by atoms with Gasteiger partial charge in [0.05, 0.1) is 25.9 Å². The average molecular weight is 622 g/mol. The number of rotatable bonds is 2. The quantitative estimate of drug-likeness (QED) is 0.149. The molecule has 4 aromatic rings. The van der Waals surface area contributed by atoms with E-state index < -0.39 is 75.5 Å². The molecule has 8 heterocycles. The first-order valence-corrected chi connectivity index (χ1v) is 14.3. The van der Waals surface area contributed by atoms with Crippen molar-refractivity contribution in [2.24, 2.45) is 0 Å². The molecule has 4 bridgehead atoms. The Bertz CT molecular complexity index is 1850. The van der Waals surface area contributed by atoms with Crippen LogP contribution < -0.4 is 17.0 Å². The fourth-order valence-electron chi connectivity index (χ4n) is 5.80. The first-order chi connectivity index (χ1) is 20.6. The van der Waals surface area contributed by atoms with Gasteiger partial charge in [-0.1, -0.05) is 0 Å². The first kappa shape index (κ1) is 27.0. The van der Waals surface area contributed by atoms with Gasteiger partial charge in [-0.15, -0.1) is 0 Å². The van der Waals surface area contributed by atoms with Crippen LogP contribution in [0.4, 0.5) is 11.8 Å². The summed E-state index contributed by atoms with van der Waals surface area (Å²) in [5.41, 5.74) is 10.2. The number of nitrogen functional groups attached to an aromatic ring is 2. The SMILES string of the molecule is Nc1nc2c(ncn2C2OC3OCOC4C5OCC4(COP(=O)(O)OC2C3O)OC5n2cnc3c(N)ncnc32)c(=O)[nH]1. The minimum atomic E-state index is -4.94. The third kappa shape index (κ3) is 4.09. The van der Waals surface area contributed by atoms with Crippen molar-refractivity contribution >= 4 is 41.9 Å². The third-order valence-electron chi connectivity index (χ3n) is 7.74. The van der Waals surface area contributed by atoms with E-state index in [1.165, 1.54) is 23.5 Å². The first-order valence-electron chi connectivity index (χ1n) is 12.8. The molecule has 0 radical (unpaired) electrons. The van der Waals surface area contributed by atoms with Crippen LogP contribution in [-0.2, 0) is 37.3 Å². The van der Waals surface area contributed by atoms with Crippen molar-refractivity contribution in [3.63, 3.8) is 0 Å². The summed E-state index contributed by atoms with van der Waals surface area (Å²) in [4.78, 5) is 45.9. The number of imidazole rings is 2. The van der Waals surface area contributed by atoms with Crippen molar-refractivity contribution in [2.45, 2.75) is 48.8 Å². The summed E-state index contributed by atoms with van der Waals surface area (Å²) in [7, 11) is -4.94. The number of phosphoric acid groups is 1. The number of aromatic amines is 1. The second-order valence-corrected chi connectivity index (χ2v) is 11.7. The number of aliphatic hydroxyl groups excluding tert-OH is 1. The molecule has 22 heteroatoms. The van der Waals surface area contributed by atoms with Gasteiger partial charge in [0.2, 0.25) is 5.95 Å². The normalized spacial score (nSPS) is 37.9. The number of anilines is 2. The number of ether oxygens (including phenoxy) is 5. The Morgan fingerprint density at radius 2 is 1.79 bits per heavy atom. The largest absolute Gasteiger partial charge is 0.472 e. The molecule has 0 aliphatic carbocycles. The van der Waals surface area contributed by atoms with Crippen LogP contribution in [0.3, 0.4) is 0 Å². The summed E-state index contributed by atoms with van der Waals surface area (Å²) in [6.45, 7) is -0.989. The molecule has 43 heavy (non-hydrogen) atoms. The van der Waals surface area contributed by atoms with Crippen LogP contribution in [0.25, 0.3) is 22.3 Å². The van der Waals surface area contributed by atoms with Gasteiger partial charge in [-0.05, 0) is 0 Å². The third-order valence-corrected chi connectivity index (χ3v) is 8.70. The summed E-state index contributed by atoms with van der Waals surface area (Å²) in [5, 5.41) is 11.0. The molecule has 0 spiro atoms. The molecule has 0 amide bonds. The van der Waals surface area contributed by atoms with E-state index in [0.29, 0.717) is 11.2 Å². The molecule has 9 atom stereocenters. The maximum atomic E-state index is 13.3. The lowest BCUT2D eigenvalue weighted by Gasteiger charge is -2.32. The molecule has 4 aliphatic heterocycles. The molecule has 228 valence electrons. The Morgan fingerprint density at radius 3 is 2.63 bits per heavy atom. The number of nitrogens with two attached hydrogens (primary N) is 2. The van der Waals surface area contributed by atoms with Crippen LogP contribution in [0.2, 0.25) is 0 Å². The highest BCUT2D eigenvalue weighted by atomic mass is 31.2. The average Bonchev–Trinajstić information content (AvgIpc) is 3.77. The van der Waals surface area contributed by atoms with Crippen LogP contribution in [-0.4, -0.2) is 105 Å². The Balaban J connectivity index is 1.11. The Labute approximate surface area is 238 Å². The fourth-order valence-corrected chi connectivity index (χ4v) is 6.78. The summed E-state index contributed by atoms with van der Waals surface area (Å²) < 4.78 is 56.9. The number of aromatic nitrogens is 8. The number of hydrogen-bond acceptors (Lipinski definition) is 17. The number of phosphoric ester groups is 1. The van der Waals surface area contributed by atoms with Crippen LogP contribution in [0.15, 0.2) is 23.8 Å². The highest BCUT2D eigenvalue weighted by Gasteiger charge is 2.64. The van der Waals surface area contributed by atoms with Crippen molar-refractivity contribution in [1.29, 1.82) is 0 Å². The van der Waals surface area contributed by atoms with E-state index in [2.05, 4.69) is 29.9 Å². The van der Waals surface area contributed by atoms with Gasteiger partial charge in [-0.2, -0.15) is 4.98 Å². The molecule has 4 saturated heterocycles. The molecule has 21 nitrogen and oxygen atoms in total. The maximum absolute atomic E-state index is 13.3. The molecule has 0 saturated carbocycles. The minimum absolute atomic E-state index is 0.0247. The lowest BCUT2D eigenvalue weighted by Crippen LogP contribution is -2.47. The monoisotopic (exact) mass is 622 g/mol. The standard InChI is InChI=1S/C21H23N10O11P/c22-13-7-14(25-3-24-13)30(4-26-7)18-11-12-21(41-18,1-36-11)2-39-43(34,35)42-10-9(32)19(38-6-37-12)40-17(10)31-5-27-8-15(31)28-20(23)29-16(8)33/h3-5,9-12,17-19,32H,1-2,6H2,(H,34,35)(H2,22,24,25)(H3,23,28,29,33). The van der Waals surface area contributed by atoms with Gasteiger partial charge in [-0.25, -0.2) is 24.5 Å². The molecular formula is C21H23N10O11P. The smallest absolute Gasteiger partial charge is 0.385 e. The number of nitrogens with zero attached hydrogens (tertiary/aromatic N) is 7. The number of hydrogen-bond donors (Lipinski definition) is 5. The van der Waals surface area contributed by atoms with E-state index in [-0.39, 0.29) is 29.5 Å². The van der Waals surface area contributed by atoms with Crippen molar-refractivity contribution < 1.29 is 47.3 Å². The molecule has 9 unspecified atom stereocenters. The van der Waals surface area contributed by atoms with Crippen LogP contribution in [0.1, 0.15) is 12.5 Å². The van der Waals surface area contributed by atoms with E-state index in [9.17, 15) is 19.4 Å². The van der Waals surface area contributed by atoms with Crippen LogP contribution in [0.5, 0.6) is 0 Å². The zero-order valence-electron chi connectivity index (χ0n) is 21.7. The number of nitrogens with one attached hydrogen (secondary N) is 1. The van der Waals surface area contributed by atoms with E-state index in [1.807, 2.05) is 0 Å². The van der Waals surface area contributed by atoms with Gasteiger partial charge in [0.25, 0.3) is 5.56 Å². The van der Waals surface area contributed by atoms with Gasteiger partial charge >= 0.3 is 7.82 Å². The molecule has 8 rings (SSSR count). The summed E-state index contributed by atoms with van der Waals surface area (Å²) in [6.07, 6.45) is -4.49. The zero-order valence-corrected chi connectivity index (χ0v) is 22.6. The molecule has 7 N–H and O–H groups in total. The van der Waals surface area contributed by atoms with Crippen LogP contribution in [0, 0.1) is 0 Å². The summed E-state index contributed by atoms with van der Waals surface area (Å²) >= 11 is 0. The van der Waals surface area contributed by atoms with E-state index >= 15 is 0 Å². The predicted octanol–water partition coefficient (Wildman–Crippen LogP) is -2.12. The van der Waals surface area contributed by atoms with Crippen LogP contribution >= 0.6 is 7.82 Å². The van der Waals surface area contributed by atoms with Gasteiger partial charge in [0, 0.05) is 0 Å². The second-order valence-electron chi connectivity index (χ2n) is 10.3. The highest BCUT2D eigenvalue weighted by molar-refractivity contribution is 7.47. The Morgan fingerprint density at radius 1 is 1.00 bits per heavy atom. The zero-order chi connectivity index (χ0) is 29.7. The predicted molar refractivity (Wildman–Crippen MR) is 136 cm³/mol. The van der Waals surface area contributed by atoms with Gasteiger partial charge < -0.3 is 45.2 Å². The molecule has 4 aromatic heterocycles. The van der Waals surface area contributed by atoms with E-state index in [4.69, 9.17) is 44.2 Å². The van der Waals surface area contributed by atoms with E-state index in [1.54, 1.807) is 4.57 Å². The molecule has 4 fully saturated rings. The van der Waals surface area contributed by atoms with Crippen molar-refractivity contribution in [2.75, 3.05) is 31.5 Å². The van der Waals surface area contributed by atoms with Gasteiger partial charge in [0.1, 0.15) is 41.9 Å². The molecular weight excluding hydrogens is 599 g/mol. The lowest BCUT2D eigenvalue weighted by molar-refractivity contribution is -0.236. The Kier molecular flexibility index (Phi) is 5.91. The maximum Gasteiger partial charge on any atom is 0.472 e. The fraction of sp³-hybridized carbons (Fsp3) is 0.524. The molecule has 4 aliphatic rings. The summed E-state index contributed by atoms with van der Waals surface area (Å²) in [6, 6.07) is 0. The molecule has 0 aromatic carbocycles. The topological polar surface area (TPSA) is 281 Å².